The topological polar surface area (TPSA) is 18.5 Å². The molecule has 0 amide bonds. The number of allylic oxidation sites excluding steroid dienone is 4. The lowest BCUT2D eigenvalue weighted by molar-refractivity contribution is -0.0100. The summed E-state index contributed by atoms with van der Waals surface area (Å²) in [4.78, 5) is 0. The van der Waals surface area contributed by atoms with E-state index in [1.165, 1.54) is 51.4 Å². The molecule has 3 aliphatic carbocycles. The number of ether oxygens (including phenoxy) is 2. The molecule has 3 aliphatic rings. The average Bonchev–Trinajstić information content (AvgIpc) is 2.91. The second-order valence-electron chi connectivity index (χ2n) is 11.4. The van der Waals surface area contributed by atoms with Crippen LogP contribution in [0.2, 0.25) is 0 Å². The molecule has 2 saturated carbocycles. The summed E-state index contributed by atoms with van der Waals surface area (Å²) < 4.78 is 41.0. The van der Waals surface area contributed by atoms with Crippen molar-refractivity contribution in [1.82, 2.24) is 0 Å². The van der Waals surface area contributed by atoms with Gasteiger partial charge in [0.05, 0.1) is 19.3 Å². The van der Waals surface area contributed by atoms with Gasteiger partial charge in [-0.15, -0.1) is 0 Å². The van der Waals surface area contributed by atoms with Gasteiger partial charge in [-0.25, -0.2) is 4.39 Å². The van der Waals surface area contributed by atoms with Crippen LogP contribution in [0, 0.1) is 35.3 Å². The number of rotatable bonds is 10. The van der Waals surface area contributed by atoms with Gasteiger partial charge in [0.2, 0.25) is 5.82 Å². The van der Waals surface area contributed by atoms with Crippen LogP contribution in [0.1, 0.15) is 103 Å². The first-order valence-electron chi connectivity index (χ1n) is 14.6. The monoisotopic (exact) mass is 500 g/mol. The fourth-order valence-electron chi connectivity index (χ4n) is 6.58. The molecular weight excluding hydrogens is 454 g/mol. The fourth-order valence-corrected chi connectivity index (χ4v) is 6.58. The zero-order valence-corrected chi connectivity index (χ0v) is 22.5. The third kappa shape index (κ3) is 7.21. The minimum Gasteiger partial charge on any atom is -0.490 e. The number of hydrogen-bond acceptors (Lipinski definition) is 2. The predicted molar refractivity (Wildman–Crippen MR) is 144 cm³/mol. The van der Waals surface area contributed by atoms with Crippen LogP contribution in [-0.4, -0.2) is 19.3 Å². The molecule has 0 N–H and O–H groups in total. The van der Waals surface area contributed by atoms with Gasteiger partial charge >= 0.3 is 0 Å². The molecule has 0 bridgehead atoms. The molecule has 1 aromatic rings. The highest BCUT2D eigenvalue weighted by atomic mass is 19.2. The minimum absolute atomic E-state index is 0.0171. The lowest BCUT2D eigenvalue weighted by Gasteiger charge is -2.37. The smallest absolute Gasteiger partial charge is 0.201 e. The maximum absolute atomic E-state index is 14.7. The Balaban J connectivity index is 1.19. The Labute approximate surface area is 217 Å². The Morgan fingerprint density at radius 1 is 0.917 bits per heavy atom. The van der Waals surface area contributed by atoms with Gasteiger partial charge in [0.1, 0.15) is 0 Å². The van der Waals surface area contributed by atoms with E-state index in [1.807, 2.05) is 6.92 Å². The molecule has 0 aromatic heterocycles. The molecule has 36 heavy (non-hydrogen) atoms. The van der Waals surface area contributed by atoms with E-state index in [2.05, 4.69) is 25.2 Å². The highest BCUT2D eigenvalue weighted by molar-refractivity contribution is 5.67. The van der Waals surface area contributed by atoms with E-state index in [0.29, 0.717) is 24.2 Å². The van der Waals surface area contributed by atoms with Crippen LogP contribution >= 0.6 is 0 Å². The van der Waals surface area contributed by atoms with Gasteiger partial charge in [0.25, 0.3) is 0 Å². The molecule has 0 spiro atoms. The third-order valence-electron chi connectivity index (χ3n) is 8.90. The van der Waals surface area contributed by atoms with E-state index in [-0.39, 0.29) is 5.75 Å². The van der Waals surface area contributed by atoms with Gasteiger partial charge < -0.3 is 9.47 Å². The molecule has 2 fully saturated rings. The Hall–Kier alpha value is -1.68. The zero-order chi connectivity index (χ0) is 25.3. The predicted octanol–water partition coefficient (Wildman–Crippen LogP) is 9.29. The first-order valence-corrected chi connectivity index (χ1v) is 14.6. The van der Waals surface area contributed by atoms with Crippen LogP contribution in [0.3, 0.4) is 0 Å². The quantitative estimate of drug-likeness (QED) is 0.235. The molecule has 0 saturated heterocycles. The first kappa shape index (κ1) is 27.4. The van der Waals surface area contributed by atoms with Crippen molar-refractivity contribution >= 4 is 5.57 Å². The second kappa shape index (κ2) is 13.7. The summed E-state index contributed by atoms with van der Waals surface area (Å²) in [5.41, 5.74) is 1.29. The van der Waals surface area contributed by atoms with E-state index in [9.17, 15) is 8.78 Å². The molecule has 200 valence electrons. The Bertz CT molecular complexity index is 876. The van der Waals surface area contributed by atoms with Gasteiger partial charge in [-0.2, -0.15) is 4.39 Å². The molecule has 4 rings (SSSR count). The van der Waals surface area contributed by atoms with Gasteiger partial charge in [0, 0.05) is 5.56 Å². The van der Waals surface area contributed by atoms with Crippen LogP contribution in [0.15, 0.2) is 30.4 Å². The summed E-state index contributed by atoms with van der Waals surface area (Å²) in [5.74, 6) is 1.48. The molecule has 1 aromatic carbocycles. The number of hydrogen-bond donors (Lipinski definition) is 0. The fraction of sp³-hybridized carbons (Fsp3) is 0.688. The molecule has 0 aliphatic heterocycles. The second-order valence-corrected chi connectivity index (χ2v) is 11.4. The number of halogens is 2. The minimum atomic E-state index is -0.864. The SMILES string of the molecule is C/C=C/C1CCC(C2CCC(OCC3CC=C(c4ccc(OCCCC)c(F)c4F)CC3)CC2)CC1. The highest BCUT2D eigenvalue weighted by Crippen LogP contribution is 2.41. The van der Waals surface area contributed by atoms with Crippen LogP contribution in [0.4, 0.5) is 8.78 Å². The summed E-state index contributed by atoms with van der Waals surface area (Å²) in [7, 11) is 0. The molecular formula is C32H46F2O2. The van der Waals surface area contributed by atoms with E-state index in [1.54, 1.807) is 12.1 Å². The summed E-state index contributed by atoms with van der Waals surface area (Å²) in [6.07, 6.45) is 22.1. The van der Waals surface area contributed by atoms with Crippen molar-refractivity contribution in [3.8, 4) is 5.75 Å². The van der Waals surface area contributed by atoms with Gasteiger partial charge in [0.15, 0.2) is 11.6 Å². The van der Waals surface area contributed by atoms with Crippen LogP contribution in [0.5, 0.6) is 5.75 Å². The van der Waals surface area contributed by atoms with Crippen molar-refractivity contribution in [3.05, 3.63) is 47.6 Å². The van der Waals surface area contributed by atoms with Crippen molar-refractivity contribution in [2.75, 3.05) is 13.2 Å². The van der Waals surface area contributed by atoms with Crippen LogP contribution < -0.4 is 4.74 Å². The Morgan fingerprint density at radius 2 is 1.64 bits per heavy atom. The molecule has 4 heteroatoms. The summed E-state index contributed by atoms with van der Waals surface area (Å²) in [6, 6.07) is 3.25. The average molecular weight is 501 g/mol. The highest BCUT2D eigenvalue weighted by Gasteiger charge is 2.31. The number of unbranched alkanes of at least 4 members (excludes halogenated alkanes) is 1. The van der Waals surface area contributed by atoms with Gasteiger partial charge in [-0.05, 0) is 125 Å². The molecule has 2 nitrogen and oxygen atoms in total. The summed E-state index contributed by atoms with van der Waals surface area (Å²) in [5, 5.41) is 0. The van der Waals surface area contributed by atoms with Crippen molar-refractivity contribution in [1.29, 1.82) is 0 Å². The number of benzene rings is 1. The molecule has 1 atom stereocenters. The molecule has 0 heterocycles. The van der Waals surface area contributed by atoms with E-state index >= 15 is 0 Å². The van der Waals surface area contributed by atoms with Crippen molar-refractivity contribution in [2.45, 2.75) is 103 Å². The summed E-state index contributed by atoms with van der Waals surface area (Å²) in [6.45, 7) is 5.38. The zero-order valence-electron chi connectivity index (χ0n) is 22.5. The molecule has 1 unspecified atom stereocenters. The van der Waals surface area contributed by atoms with E-state index < -0.39 is 11.6 Å². The maximum atomic E-state index is 14.7. The van der Waals surface area contributed by atoms with Crippen LogP contribution in [-0.2, 0) is 4.74 Å². The van der Waals surface area contributed by atoms with Crippen molar-refractivity contribution < 1.29 is 18.3 Å². The van der Waals surface area contributed by atoms with E-state index in [4.69, 9.17) is 9.47 Å². The third-order valence-corrected chi connectivity index (χ3v) is 8.90. The summed E-state index contributed by atoms with van der Waals surface area (Å²) >= 11 is 0. The van der Waals surface area contributed by atoms with Gasteiger partial charge in [-0.3, -0.25) is 0 Å². The Kier molecular flexibility index (Phi) is 10.4. The lowest BCUT2D eigenvalue weighted by Crippen LogP contribution is -2.29. The van der Waals surface area contributed by atoms with E-state index in [0.717, 1.165) is 62.0 Å². The first-order chi connectivity index (χ1) is 17.6. The van der Waals surface area contributed by atoms with Crippen molar-refractivity contribution in [3.63, 3.8) is 0 Å². The van der Waals surface area contributed by atoms with Crippen molar-refractivity contribution in [2.24, 2.45) is 23.7 Å². The molecule has 0 radical (unpaired) electrons. The normalized spacial score (nSPS) is 29.3. The van der Waals surface area contributed by atoms with Crippen LogP contribution in [0.25, 0.3) is 5.57 Å². The lowest BCUT2D eigenvalue weighted by atomic mass is 9.70. The standard InChI is InChI=1S/C32H46F2O2/c1-3-5-21-35-30-20-19-29(31(33)32(30)34)27-13-9-24(10-14-27)22-36-28-17-15-26(16-18-28)25-11-7-23(6-4-2)8-12-25/h4,6,13,19-20,23-26,28H,3,5,7-12,14-18,21-22H2,1-2H3/b6-4+. The largest absolute Gasteiger partial charge is 0.490 e. The Morgan fingerprint density at radius 3 is 2.28 bits per heavy atom. The maximum Gasteiger partial charge on any atom is 0.201 e. The van der Waals surface area contributed by atoms with Gasteiger partial charge in [-0.1, -0.05) is 31.6 Å².